The molecule has 0 spiro atoms. The largest absolute Gasteiger partial charge is 0.383 e. The summed E-state index contributed by atoms with van der Waals surface area (Å²) in [6.45, 7) is 14.3. The zero-order chi connectivity index (χ0) is 17.4. The van der Waals surface area contributed by atoms with Crippen molar-refractivity contribution in [2.45, 2.75) is 46.0 Å². The van der Waals surface area contributed by atoms with E-state index in [1.807, 2.05) is 29.5 Å². The lowest BCUT2D eigenvalue weighted by Gasteiger charge is -2.25. The van der Waals surface area contributed by atoms with Gasteiger partial charge >= 0.3 is 0 Å². The summed E-state index contributed by atoms with van der Waals surface area (Å²) in [7, 11) is 1.66. The highest BCUT2D eigenvalue weighted by molar-refractivity contribution is 8.00. The van der Waals surface area contributed by atoms with E-state index >= 15 is 0 Å². The second kappa shape index (κ2) is 9.78. The molecule has 0 N–H and O–H groups in total. The minimum atomic E-state index is -0.0910. The van der Waals surface area contributed by atoms with Gasteiger partial charge in [-0.25, -0.2) is 0 Å². The van der Waals surface area contributed by atoms with Crippen molar-refractivity contribution in [3.05, 3.63) is 29.6 Å². The Bertz CT molecular complexity index is 528. The van der Waals surface area contributed by atoms with Crippen LogP contribution in [-0.4, -0.2) is 51.9 Å². The van der Waals surface area contributed by atoms with Gasteiger partial charge in [0.05, 0.1) is 17.6 Å². The first-order valence-electron chi connectivity index (χ1n) is 7.99. The number of carbonyl (C=O) groups excluding carboxylic acids is 1. The Morgan fingerprint density at radius 2 is 2.22 bits per heavy atom. The van der Waals surface area contributed by atoms with E-state index in [0.717, 1.165) is 29.2 Å². The van der Waals surface area contributed by atoms with Crippen LogP contribution >= 0.6 is 11.8 Å². The Labute approximate surface area is 144 Å². The monoisotopic (exact) mass is 339 g/mol. The second-order valence-corrected chi connectivity index (χ2v) is 6.86. The molecule has 0 saturated heterocycles. The third kappa shape index (κ3) is 5.39. The fourth-order valence-corrected chi connectivity index (χ4v) is 3.19. The molecule has 23 heavy (non-hydrogen) atoms. The molecule has 1 atom stereocenters. The Kier molecular flexibility index (Phi) is 8.41. The summed E-state index contributed by atoms with van der Waals surface area (Å²) in [5, 5.41) is 4.45. The lowest BCUT2D eigenvalue weighted by molar-refractivity contribution is -0.131. The van der Waals surface area contributed by atoms with Gasteiger partial charge < -0.3 is 9.64 Å². The van der Waals surface area contributed by atoms with Crippen LogP contribution in [0.4, 0.5) is 0 Å². The van der Waals surface area contributed by atoms with Crippen LogP contribution in [0.1, 0.15) is 30.8 Å². The van der Waals surface area contributed by atoms with Gasteiger partial charge in [-0.2, -0.15) is 5.10 Å². The van der Waals surface area contributed by atoms with Gasteiger partial charge in [-0.1, -0.05) is 6.08 Å². The minimum Gasteiger partial charge on any atom is -0.383 e. The Morgan fingerprint density at radius 3 is 2.74 bits per heavy atom. The maximum absolute atomic E-state index is 12.7. The van der Waals surface area contributed by atoms with E-state index in [9.17, 15) is 4.79 Å². The van der Waals surface area contributed by atoms with Crippen LogP contribution < -0.4 is 0 Å². The number of rotatable bonds is 10. The average molecular weight is 340 g/mol. The van der Waals surface area contributed by atoms with Crippen molar-refractivity contribution in [2.75, 3.05) is 26.0 Å². The van der Waals surface area contributed by atoms with Gasteiger partial charge in [0.2, 0.25) is 5.91 Å². The van der Waals surface area contributed by atoms with E-state index in [1.54, 1.807) is 18.9 Å². The van der Waals surface area contributed by atoms with E-state index < -0.39 is 0 Å². The maximum Gasteiger partial charge on any atom is 0.235 e. The first kappa shape index (κ1) is 19.8. The zero-order valence-electron chi connectivity index (χ0n) is 15.0. The number of aryl methyl sites for hydroxylation is 2. The molecule has 1 rings (SSSR count). The first-order chi connectivity index (χ1) is 11.0. The molecule has 1 amide bonds. The summed E-state index contributed by atoms with van der Waals surface area (Å²) in [5.41, 5.74) is 3.26. The number of aromatic nitrogens is 2. The topological polar surface area (TPSA) is 47.4 Å². The van der Waals surface area contributed by atoms with Gasteiger partial charge in [0.25, 0.3) is 0 Å². The molecule has 0 aliphatic rings. The fourth-order valence-electron chi connectivity index (χ4n) is 2.47. The predicted molar refractivity (Wildman–Crippen MR) is 96.8 cm³/mol. The number of ether oxygens (including phenoxy) is 1. The Morgan fingerprint density at radius 1 is 1.52 bits per heavy atom. The molecule has 0 aliphatic heterocycles. The van der Waals surface area contributed by atoms with Gasteiger partial charge in [0.1, 0.15) is 0 Å². The van der Waals surface area contributed by atoms with Crippen molar-refractivity contribution in [3.63, 3.8) is 0 Å². The van der Waals surface area contributed by atoms with Crippen molar-refractivity contribution in [1.29, 1.82) is 0 Å². The molecule has 0 fully saturated rings. The summed E-state index contributed by atoms with van der Waals surface area (Å²) in [5.74, 6) is 0.911. The number of hydrogen-bond acceptors (Lipinski definition) is 4. The number of thioether (sulfide) groups is 1. The molecule has 1 aromatic rings. The lowest BCUT2D eigenvalue weighted by Crippen LogP contribution is -2.38. The summed E-state index contributed by atoms with van der Waals surface area (Å²) in [6, 6.07) is 0. The first-order valence-corrected chi connectivity index (χ1v) is 9.04. The molecule has 0 bridgehead atoms. The Hall–Kier alpha value is -1.27. The van der Waals surface area contributed by atoms with Crippen molar-refractivity contribution in [2.24, 2.45) is 0 Å². The second-order valence-electron chi connectivity index (χ2n) is 5.48. The van der Waals surface area contributed by atoms with Crippen molar-refractivity contribution < 1.29 is 9.53 Å². The summed E-state index contributed by atoms with van der Waals surface area (Å²) >= 11 is 1.60. The molecule has 6 heteroatoms. The number of amides is 1. The van der Waals surface area contributed by atoms with Crippen LogP contribution in [0.25, 0.3) is 0 Å². The van der Waals surface area contributed by atoms with E-state index in [2.05, 4.69) is 25.5 Å². The third-order valence-corrected chi connectivity index (χ3v) is 5.00. The van der Waals surface area contributed by atoms with Crippen LogP contribution in [0.2, 0.25) is 0 Å². The van der Waals surface area contributed by atoms with E-state index in [4.69, 9.17) is 4.74 Å². The molecular weight excluding hydrogens is 310 g/mol. The zero-order valence-corrected chi connectivity index (χ0v) is 15.8. The van der Waals surface area contributed by atoms with E-state index in [1.165, 1.54) is 0 Å². The molecular formula is C17H29N3O2S. The molecule has 0 radical (unpaired) electrons. The molecule has 0 aliphatic carbocycles. The third-order valence-electron chi connectivity index (χ3n) is 3.87. The highest BCUT2D eigenvalue weighted by Crippen LogP contribution is 2.19. The molecule has 1 heterocycles. The van der Waals surface area contributed by atoms with Crippen LogP contribution in [-0.2, 0) is 22.6 Å². The number of hydrogen-bond donors (Lipinski definition) is 0. The predicted octanol–water partition coefficient (Wildman–Crippen LogP) is 2.80. The van der Waals surface area contributed by atoms with Crippen molar-refractivity contribution in [1.82, 2.24) is 14.7 Å². The summed E-state index contributed by atoms with van der Waals surface area (Å²) in [6.07, 6.45) is 1.83. The molecule has 130 valence electrons. The highest BCUT2D eigenvalue weighted by atomic mass is 32.2. The van der Waals surface area contributed by atoms with Gasteiger partial charge in [0.15, 0.2) is 0 Å². The molecule has 5 nitrogen and oxygen atoms in total. The van der Waals surface area contributed by atoms with Gasteiger partial charge in [-0.15, -0.1) is 18.3 Å². The lowest BCUT2D eigenvalue weighted by atomic mass is 10.1. The van der Waals surface area contributed by atoms with Crippen LogP contribution in [0.15, 0.2) is 12.7 Å². The number of carbonyl (C=O) groups is 1. The van der Waals surface area contributed by atoms with Crippen LogP contribution in [0.3, 0.4) is 0 Å². The molecule has 0 aromatic carbocycles. The SMILES string of the molecule is C=CCS[C@H](C)C(=O)N(CCOC)Cc1c(C)nn(CC)c1C. The molecule has 0 unspecified atom stereocenters. The molecule has 1 aromatic heterocycles. The fraction of sp³-hybridized carbons (Fsp3) is 0.647. The number of methoxy groups -OCH3 is 1. The van der Waals surface area contributed by atoms with Gasteiger partial charge in [0, 0.05) is 43.8 Å². The van der Waals surface area contributed by atoms with Gasteiger partial charge in [-0.3, -0.25) is 9.48 Å². The van der Waals surface area contributed by atoms with E-state index in [-0.39, 0.29) is 11.2 Å². The normalized spacial score (nSPS) is 12.2. The smallest absolute Gasteiger partial charge is 0.235 e. The van der Waals surface area contributed by atoms with Crippen LogP contribution in [0, 0.1) is 13.8 Å². The number of nitrogens with zero attached hydrogens (tertiary/aromatic N) is 3. The summed E-state index contributed by atoms with van der Waals surface area (Å²) < 4.78 is 7.16. The van der Waals surface area contributed by atoms with Crippen molar-refractivity contribution in [3.8, 4) is 0 Å². The average Bonchev–Trinajstić information content (AvgIpc) is 2.82. The van der Waals surface area contributed by atoms with Crippen molar-refractivity contribution >= 4 is 17.7 Å². The summed E-state index contributed by atoms with van der Waals surface area (Å²) in [4.78, 5) is 14.6. The highest BCUT2D eigenvalue weighted by Gasteiger charge is 2.23. The van der Waals surface area contributed by atoms with Crippen LogP contribution in [0.5, 0.6) is 0 Å². The standard InChI is InChI=1S/C17H29N3O2S/c1-7-11-23-15(5)17(21)19(9-10-22-6)12-16-13(3)18-20(8-2)14(16)4/h7,15H,1,8-12H2,2-6H3/t15-/m1/s1. The molecule has 0 saturated carbocycles. The van der Waals surface area contributed by atoms with Gasteiger partial charge in [-0.05, 0) is 27.7 Å². The quantitative estimate of drug-likeness (QED) is 0.615. The Balaban J connectivity index is 2.92. The maximum atomic E-state index is 12.7. The van der Waals surface area contributed by atoms with E-state index in [0.29, 0.717) is 19.7 Å². The minimum absolute atomic E-state index is 0.0910.